The molecule has 12 heteroatoms. The molecular formula is C18H25F3N2O5S2. The highest BCUT2D eigenvalue weighted by Gasteiger charge is 2.47. The van der Waals surface area contributed by atoms with Crippen LogP contribution in [0.5, 0.6) is 0 Å². The summed E-state index contributed by atoms with van der Waals surface area (Å²) in [5.41, 5.74) is -0.983. The van der Waals surface area contributed by atoms with Gasteiger partial charge in [0, 0.05) is 18.5 Å². The molecule has 1 N–H and O–H groups in total. The van der Waals surface area contributed by atoms with Gasteiger partial charge in [-0.2, -0.15) is 17.5 Å². The number of benzene rings is 1. The molecule has 1 heterocycles. The van der Waals surface area contributed by atoms with Gasteiger partial charge in [-0.3, -0.25) is 4.79 Å². The van der Waals surface area contributed by atoms with Crippen LogP contribution in [0.15, 0.2) is 29.2 Å². The van der Waals surface area contributed by atoms with Gasteiger partial charge in [0.15, 0.2) is 0 Å². The van der Waals surface area contributed by atoms with Gasteiger partial charge in [0.25, 0.3) is 0 Å². The molecule has 1 saturated heterocycles. The first-order valence-corrected chi connectivity index (χ1v) is 12.7. The number of ketones is 1. The number of nitrogens with one attached hydrogen (secondary N) is 1. The van der Waals surface area contributed by atoms with E-state index in [-0.39, 0.29) is 23.6 Å². The van der Waals surface area contributed by atoms with Crippen molar-refractivity contribution in [3.05, 3.63) is 29.8 Å². The molecule has 1 aromatic rings. The Morgan fingerprint density at radius 3 is 2.20 bits per heavy atom. The van der Waals surface area contributed by atoms with E-state index in [2.05, 4.69) is 4.72 Å². The van der Waals surface area contributed by atoms with Crippen molar-refractivity contribution < 1.29 is 34.8 Å². The maximum atomic E-state index is 13.2. The molecule has 1 aromatic carbocycles. The van der Waals surface area contributed by atoms with E-state index in [1.807, 2.05) is 6.92 Å². The van der Waals surface area contributed by atoms with Gasteiger partial charge in [0.1, 0.15) is 5.78 Å². The van der Waals surface area contributed by atoms with Crippen LogP contribution in [0.4, 0.5) is 13.2 Å². The quantitative estimate of drug-likeness (QED) is 0.629. The van der Waals surface area contributed by atoms with Crippen molar-refractivity contribution in [1.29, 1.82) is 0 Å². The minimum Gasteiger partial charge on any atom is -0.300 e. The number of rotatable bonds is 8. The average Bonchev–Trinajstić information content (AvgIpc) is 3.00. The molecule has 0 bridgehead atoms. The second-order valence-electron chi connectivity index (χ2n) is 7.42. The van der Waals surface area contributed by atoms with E-state index in [1.165, 1.54) is 6.92 Å². The molecule has 1 fully saturated rings. The van der Waals surface area contributed by atoms with E-state index in [0.717, 1.165) is 22.7 Å². The summed E-state index contributed by atoms with van der Waals surface area (Å²) in [7, 11) is -7.93. The lowest BCUT2D eigenvalue weighted by molar-refractivity contribution is -0.137. The number of alkyl halides is 3. The average molecular weight is 471 g/mol. The molecule has 1 aliphatic rings. The Morgan fingerprint density at radius 2 is 1.77 bits per heavy atom. The predicted octanol–water partition coefficient (Wildman–Crippen LogP) is 2.39. The van der Waals surface area contributed by atoms with Gasteiger partial charge < -0.3 is 0 Å². The Hall–Kier alpha value is -1.50. The first-order valence-electron chi connectivity index (χ1n) is 9.35. The molecule has 0 radical (unpaired) electrons. The van der Waals surface area contributed by atoms with Crippen LogP contribution < -0.4 is 4.72 Å². The van der Waals surface area contributed by atoms with Gasteiger partial charge in [-0.05, 0) is 44.0 Å². The molecule has 2 rings (SSSR count). The van der Waals surface area contributed by atoms with Gasteiger partial charge in [0.05, 0.1) is 22.8 Å². The standard InChI is InChI=1S/C18H25F3N2O5S2/c1-4-5-15(12(2)24)17-16(22-29(3,25)26)10-11-23(17)30(27,28)14-8-6-13(7-9-14)18(19,20)21/h6-9,15-17,22H,4-5,10-11H2,1-3H3/t15-,16-,17+/m0/s1. The van der Waals surface area contributed by atoms with Gasteiger partial charge >= 0.3 is 6.18 Å². The van der Waals surface area contributed by atoms with Crippen molar-refractivity contribution in [3.63, 3.8) is 0 Å². The Labute approximate surface area is 174 Å². The number of hydrogen-bond donors (Lipinski definition) is 1. The molecule has 3 atom stereocenters. The fourth-order valence-corrected chi connectivity index (χ4v) is 6.35. The SMILES string of the molecule is CCC[C@@H](C(C)=O)[C@@H]1[C@@H](NS(C)(=O)=O)CCN1S(=O)(=O)c1ccc(C(F)(F)F)cc1. The van der Waals surface area contributed by atoms with E-state index in [0.29, 0.717) is 25.0 Å². The molecule has 0 amide bonds. The topological polar surface area (TPSA) is 101 Å². The van der Waals surface area contributed by atoms with E-state index in [1.54, 1.807) is 0 Å². The Bertz CT molecular complexity index is 976. The van der Waals surface area contributed by atoms with E-state index in [9.17, 15) is 34.8 Å². The number of carbonyl (C=O) groups excluding carboxylic acids is 1. The molecule has 0 unspecified atom stereocenters. The second-order valence-corrected chi connectivity index (χ2v) is 11.1. The summed E-state index contributed by atoms with van der Waals surface area (Å²) in [6.45, 7) is 3.08. The third kappa shape index (κ3) is 5.59. The first-order chi connectivity index (χ1) is 13.7. The molecule has 7 nitrogen and oxygen atoms in total. The van der Waals surface area contributed by atoms with Gasteiger partial charge in [-0.25, -0.2) is 21.6 Å². The Balaban J connectivity index is 2.48. The number of Topliss-reactive ketones (excluding diaryl/α,β-unsaturated/α-hetero) is 1. The maximum absolute atomic E-state index is 13.2. The predicted molar refractivity (Wildman–Crippen MR) is 105 cm³/mol. The van der Waals surface area contributed by atoms with Crippen molar-refractivity contribution in [2.24, 2.45) is 5.92 Å². The zero-order valence-electron chi connectivity index (χ0n) is 16.8. The van der Waals surface area contributed by atoms with Gasteiger partial charge in [-0.1, -0.05) is 13.3 Å². The molecule has 0 aliphatic carbocycles. The van der Waals surface area contributed by atoms with Crippen LogP contribution >= 0.6 is 0 Å². The van der Waals surface area contributed by atoms with E-state index in [4.69, 9.17) is 0 Å². The monoisotopic (exact) mass is 470 g/mol. The third-order valence-electron chi connectivity index (χ3n) is 5.09. The summed E-state index contributed by atoms with van der Waals surface area (Å²) in [5, 5.41) is 0. The van der Waals surface area contributed by atoms with Gasteiger partial charge in [-0.15, -0.1) is 0 Å². The molecule has 170 valence electrons. The zero-order chi connectivity index (χ0) is 22.9. The zero-order valence-corrected chi connectivity index (χ0v) is 18.4. The normalized spacial score (nSPS) is 22.2. The smallest absolute Gasteiger partial charge is 0.300 e. The molecular weight excluding hydrogens is 445 g/mol. The summed E-state index contributed by atoms with van der Waals surface area (Å²) >= 11 is 0. The fourth-order valence-electron chi connectivity index (χ4n) is 3.83. The summed E-state index contributed by atoms with van der Waals surface area (Å²) < 4.78 is 91.8. The van der Waals surface area contributed by atoms with Crippen molar-refractivity contribution in [1.82, 2.24) is 9.03 Å². The molecule has 0 aromatic heterocycles. The maximum Gasteiger partial charge on any atom is 0.416 e. The molecule has 0 spiro atoms. The largest absolute Gasteiger partial charge is 0.416 e. The minimum absolute atomic E-state index is 0.0608. The number of sulfonamides is 2. The lowest BCUT2D eigenvalue weighted by Gasteiger charge is -2.33. The van der Waals surface area contributed by atoms with Crippen LogP contribution in [0.3, 0.4) is 0 Å². The van der Waals surface area contributed by atoms with Crippen LogP contribution in [0.2, 0.25) is 0 Å². The highest BCUT2D eigenvalue weighted by Crippen LogP contribution is 2.35. The third-order valence-corrected chi connectivity index (χ3v) is 7.74. The van der Waals surface area contributed by atoms with Crippen LogP contribution in [0.25, 0.3) is 0 Å². The fraction of sp³-hybridized carbons (Fsp3) is 0.611. The summed E-state index contributed by atoms with van der Waals surface area (Å²) in [5.74, 6) is -1.03. The Morgan fingerprint density at radius 1 is 1.20 bits per heavy atom. The number of carbonyl (C=O) groups is 1. The number of halogens is 3. The summed E-state index contributed by atoms with van der Waals surface area (Å²) in [6.07, 6.45) is -2.60. The van der Waals surface area contributed by atoms with Crippen molar-refractivity contribution in [2.45, 2.75) is 56.3 Å². The van der Waals surface area contributed by atoms with E-state index < -0.39 is 49.8 Å². The van der Waals surface area contributed by atoms with Crippen molar-refractivity contribution in [3.8, 4) is 0 Å². The van der Waals surface area contributed by atoms with Crippen molar-refractivity contribution >= 4 is 25.8 Å². The molecule has 1 aliphatic heterocycles. The Kier molecular flexibility index (Phi) is 7.37. The molecule has 0 saturated carbocycles. The van der Waals surface area contributed by atoms with Crippen LogP contribution in [0.1, 0.15) is 38.7 Å². The van der Waals surface area contributed by atoms with E-state index >= 15 is 0 Å². The van der Waals surface area contributed by atoms with Crippen LogP contribution in [-0.2, 0) is 31.0 Å². The first kappa shape index (κ1) is 24.8. The number of hydrogen-bond acceptors (Lipinski definition) is 5. The van der Waals surface area contributed by atoms with Gasteiger partial charge in [0.2, 0.25) is 20.0 Å². The highest BCUT2D eigenvalue weighted by atomic mass is 32.2. The van der Waals surface area contributed by atoms with Crippen LogP contribution in [-0.4, -0.2) is 51.8 Å². The lowest BCUT2D eigenvalue weighted by atomic mass is 9.88. The van der Waals surface area contributed by atoms with Crippen LogP contribution in [0, 0.1) is 5.92 Å². The number of nitrogens with zero attached hydrogens (tertiary/aromatic N) is 1. The summed E-state index contributed by atoms with van der Waals surface area (Å²) in [6, 6.07) is 1.32. The minimum atomic E-state index is -4.61. The van der Waals surface area contributed by atoms with Crippen molar-refractivity contribution in [2.75, 3.05) is 12.8 Å². The lowest BCUT2D eigenvalue weighted by Crippen LogP contribution is -2.51. The molecule has 30 heavy (non-hydrogen) atoms. The highest BCUT2D eigenvalue weighted by molar-refractivity contribution is 7.89. The summed E-state index contributed by atoms with van der Waals surface area (Å²) in [4.78, 5) is 11.9. The second kappa shape index (κ2) is 8.93.